The van der Waals surface area contributed by atoms with Crippen LogP contribution in [0.2, 0.25) is 0 Å². The van der Waals surface area contributed by atoms with Gasteiger partial charge in [0.25, 0.3) is 10.0 Å². The molecule has 0 unspecified atom stereocenters. The molecule has 39 heavy (non-hydrogen) atoms. The average Bonchev–Trinajstić information content (AvgIpc) is 2.85. The van der Waals surface area contributed by atoms with Gasteiger partial charge in [-0.2, -0.15) is 0 Å². The van der Waals surface area contributed by atoms with Gasteiger partial charge >= 0.3 is 0 Å². The van der Waals surface area contributed by atoms with Crippen LogP contribution in [0.25, 0.3) is 0 Å². The third-order valence-corrected chi connectivity index (χ3v) is 8.42. The van der Waals surface area contributed by atoms with Gasteiger partial charge < -0.3 is 10.2 Å². The largest absolute Gasteiger partial charge is 0.350 e. The van der Waals surface area contributed by atoms with Gasteiger partial charge in [-0.25, -0.2) is 8.42 Å². The van der Waals surface area contributed by atoms with Crippen molar-refractivity contribution in [2.24, 2.45) is 0 Å². The van der Waals surface area contributed by atoms with Crippen LogP contribution >= 0.6 is 15.9 Å². The molecule has 0 aliphatic carbocycles. The highest BCUT2D eigenvalue weighted by Gasteiger charge is 2.33. The second-order valence-electron chi connectivity index (χ2n) is 10.7. The van der Waals surface area contributed by atoms with Crippen LogP contribution in [0.5, 0.6) is 0 Å². The van der Waals surface area contributed by atoms with E-state index in [4.69, 9.17) is 0 Å². The van der Waals surface area contributed by atoms with Crippen molar-refractivity contribution in [2.45, 2.75) is 64.6 Å². The minimum Gasteiger partial charge on any atom is -0.350 e. The number of rotatable bonds is 9. The van der Waals surface area contributed by atoms with Crippen molar-refractivity contribution < 1.29 is 18.0 Å². The first kappa shape index (κ1) is 30.4. The number of sulfonamides is 1. The lowest BCUT2D eigenvalue weighted by atomic mass is 10.1. The van der Waals surface area contributed by atoms with Crippen molar-refractivity contribution in [3.63, 3.8) is 0 Å². The van der Waals surface area contributed by atoms with Gasteiger partial charge in [-0.3, -0.25) is 13.9 Å². The molecule has 0 spiro atoms. The van der Waals surface area contributed by atoms with Crippen LogP contribution in [0.15, 0.2) is 82.2 Å². The summed E-state index contributed by atoms with van der Waals surface area (Å²) in [5.41, 5.74) is 2.62. The highest BCUT2D eigenvalue weighted by Crippen LogP contribution is 2.26. The van der Waals surface area contributed by atoms with Gasteiger partial charge in [-0.15, -0.1) is 0 Å². The van der Waals surface area contributed by atoms with Crippen molar-refractivity contribution in [1.29, 1.82) is 0 Å². The van der Waals surface area contributed by atoms with Crippen LogP contribution in [0.1, 0.15) is 44.4 Å². The molecule has 7 nitrogen and oxygen atoms in total. The van der Waals surface area contributed by atoms with Crippen LogP contribution in [0.4, 0.5) is 5.69 Å². The number of nitrogens with zero attached hydrogens (tertiary/aromatic N) is 2. The number of carbonyl (C=O) groups is 2. The summed E-state index contributed by atoms with van der Waals surface area (Å²) >= 11 is 3.39. The topological polar surface area (TPSA) is 86.8 Å². The molecule has 0 saturated carbocycles. The van der Waals surface area contributed by atoms with E-state index in [-0.39, 0.29) is 17.3 Å². The second kappa shape index (κ2) is 12.3. The van der Waals surface area contributed by atoms with E-state index in [1.807, 2.05) is 58.9 Å². The van der Waals surface area contributed by atoms with E-state index in [1.165, 1.54) is 17.0 Å². The molecule has 2 amide bonds. The van der Waals surface area contributed by atoms with Crippen molar-refractivity contribution >= 4 is 43.5 Å². The highest BCUT2D eigenvalue weighted by atomic mass is 79.9. The summed E-state index contributed by atoms with van der Waals surface area (Å²) in [4.78, 5) is 28.6. The molecule has 208 valence electrons. The van der Waals surface area contributed by atoms with E-state index >= 15 is 0 Å². The molecule has 3 aromatic carbocycles. The molecule has 3 aromatic rings. The molecule has 0 bridgehead atoms. The molecule has 0 radical (unpaired) electrons. The molecule has 1 atom stereocenters. The van der Waals surface area contributed by atoms with Gasteiger partial charge in [-0.1, -0.05) is 63.5 Å². The Morgan fingerprint density at radius 1 is 0.923 bits per heavy atom. The Hall–Kier alpha value is -3.17. The third-order valence-electron chi connectivity index (χ3n) is 6.10. The van der Waals surface area contributed by atoms with E-state index in [0.29, 0.717) is 5.69 Å². The van der Waals surface area contributed by atoms with Crippen molar-refractivity contribution in [3.8, 4) is 0 Å². The zero-order valence-electron chi connectivity index (χ0n) is 23.2. The Kier molecular flexibility index (Phi) is 9.61. The Morgan fingerprint density at radius 2 is 1.54 bits per heavy atom. The van der Waals surface area contributed by atoms with Crippen LogP contribution in [0, 0.1) is 13.8 Å². The molecule has 0 aromatic heterocycles. The zero-order chi connectivity index (χ0) is 29.0. The molecule has 9 heteroatoms. The molecule has 0 aliphatic heterocycles. The molecule has 3 rings (SSSR count). The maximum absolute atomic E-state index is 14.0. The van der Waals surface area contributed by atoms with Gasteiger partial charge in [-0.05, 0) is 83.5 Å². The summed E-state index contributed by atoms with van der Waals surface area (Å²) in [6.07, 6.45) is 0. The number of amides is 2. The van der Waals surface area contributed by atoms with Crippen LogP contribution in [-0.4, -0.2) is 43.3 Å². The standard InChI is InChI=1S/C30H36BrN3O4S/c1-21-10-16-27(17-11-21)39(37,38)34(26-14-12-25(31)13-15-26)20-28(35)33(19-24-9-7-8-22(2)18-24)23(3)29(36)32-30(4,5)6/h7-18,23H,19-20H2,1-6H3,(H,32,36)/t23-/m0/s1. The summed E-state index contributed by atoms with van der Waals surface area (Å²) < 4.78 is 29.6. The number of anilines is 1. The number of carbonyl (C=O) groups excluding carboxylic acids is 2. The fourth-order valence-electron chi connectivity index (χ4n) is 4.04. The Morgan fingerprint density at radius 3 is 2.10 bits per heavy atom. The number of hydrogen-bond acceptors (Lipinski definition) is 4. The summed E-state index contributed by atoms with van der Waals surface area (Å²) in [5, 5.41) is 2.93. The Balaban J connectivity index is 2.03. The summed E-state index contributed by atoms with van der Waals surface area (Å²) in [6, 6.07) is 20.1. The lowest BCUT2D eigenvalue weighted by Gasteiger charge is -2.33. The first-order valence-corrected chi connectivity index (χ1v) is 14.9. The number of benzene rings is 3. The van der Waals surface area contributed by atoms with Gasteiger partial charge in [0.15, 0.2) is 0 Å². The fourth-order valence-corrected chi connectivity index (χ4v) is 5.72. The summed E-state index contributed by atoms with van der Waals surface area (Å²) in [7, 11) is -4.10. The van der Waals surface area contributed by atoms with Crippen molar-refractivity contribution in [3.05, 3.63) is 94.0 Å². The minimum absolute atomic E-state index is 0.0765. The molecule has 0 aliphatic rings. The molecule has 0 saturated heterocycles. The summed E-state index contributed by atoms with van der Waals surface area (Å²) in [5.74, 6) is -0.813. The Labute approximate surface area is 240 Å². The van der Waals surface area contributed by atoms with Gasteiger partial charge in [0.2, 0.25) is 11.8 Å². The smallest absolute Gasteiger partial charge is 0.264 e. The van der Waals surface area contributed by atoms with Crippen molar-refractivity contribution in [2.75, 3.05) is 10.8 Å². The number of aryl methyl sites for hydroxylation is 2. The maximum Gasteiger partial charge on any atom is 0.264 e. The predicted molar refractivity (Wildman–Crippen MR) is 159 cm³/mol. The van der Waals surface area contributed by atoms with Gasteiger partial charge in [0.05, 0.1) is 10.6 Å². The zero-order valence-corrected chi connectivity index (χ0v) is 25.6. The molecular weight excluding hydrogens is 578 g/mol. The summed E-state index contributed by atoms with van der Waals surface area (Å²) in [6.45, 7) is 10.8. The number of halogens is 1. The SMILES string of the molecule is Cc1ccc(S(=O)(=O)N(CC(=O)N(Cc2cccc(C)c2)[C@@H](C)C(=O)NC(C)(C)C)c2ccc(Br)cc2)cc1. The van der Waals surface area contributed by atoms with E-state index in [0.717, 1.165) is 25.5 Å². The van der Waals surface area contributed by atoms with E-state index in [1.54, 1.807) is 43.3 Å². The van der Waals surface area contributed by atoms with Crippen LogP contribution < -0.4 is 9.62 Å². The first-order chi connectivity index (χ1) is 18.2. The number of nitrogens with one attached hydrogen (secondary N) is 1. The third kappa shape index (κ3) is 8.16. The van der Waals surface area contributed by atoms with E-state index in [9.17, 15) is 18.0 Å². The highest BCUT2D eigenvalue weighted by molar-refractivity contribution is 9.10. The van der Waals surface area contributed by atoms with E-state index in [2.05, 4.69) is 21.2 Å². The van der Waals surface area contributed by atoms with E-state index < -0.39 is 34.1 Å². The second-order valence-corrected chi connectivity index (χ2v) is 13.5. The van der Waals surface area contributed by atoms with Crippen LogP contribution in [-0.2, 0) is 26.2 Å². The van der Waals surface area contributed by atoms with Gasteiger partial charge in [0.1, 0.15) is 12.6 Å². The quantitative estimate of drug-likeness (QED) is 0.341. The minimum atomic E-state index is -4.10. The molecular formula is C30H36BrN3O4S. The maximum atomic E-state index is 14.0. The molecule has 1 N–H and O–H groups in total. The molecule has 0 fully saturated rings. The number of hydrogen-bond donors (Lipinski definition) is 1. The average molecular weight is 615 g/mol. The molecule has 0 heterocycles. The first-order valence-electron chi connectivity index (χ1n) is 12.7. The predicted octanol–water partition coefficient (Wildman–Crippen LogP) is 5.59. The lowest BCUT2D eigenvalue weighted by Crippen LogP contribution is -2.54. The van der Waals surface area contributed by atoms with Crippen LogP contribution in [0.3, 0.4) is 0 Å². The van der Waals surface area contributed by atoms with Crippen molar-refractivity contribution in [1.82, 2.24) is 10.2 Å². The fraction of sp³-hybridized carbons (Fsp3) is 0.333. The normalized spacial score (nSPS) is 12.5. The lowest BCUT2D eigenvalue weighted by molar-refractivity contribution is -0.140. The van der Waals surface area contributed by atoms with Gasteiger partial charge in [0, 0.05) is 16.6 Å². The monoisotopic (exact) mass is 613 g/mol. The Bertz CT molecular complexity index is 1420.